The smallest absolute Gasteiger partial charge is 0.262 e. The van der Waals surface area contributed by atoms with Crippen LogP contribution >= 0.6 is 0 Å². The first-order chi connectivity index (χ1) is 13.8. The molecule has 0 radical (unpaired) electrons. The molecule has 1 N–H and O–H groups in total. The van der Waals surface area contributed by atoms with E-state index in [1.54, 1.807) is 41.9 Å². The van der Waals surface area contributed by atoms with Gasteiger partial charge in [0.2, 0.25) is 0 Å². The zero-order valence-electron chi connectivity index (χ0n) is 15.7. The maximum atomic E-state index is 14.5. The molecule has 2 heterocycles. The van der Waals surface area contributed by atoms with Crippen molar-refractivity contribution in [2.24, 2.45) is 7.05 Å². The van der Waals surface area contributed by atoms with Crippen molar-refractivity contribution in [2.75, 3.05) is 18.4 Å². The molecule has 2 aromatic carbocycles. The first-order valence-electron chi connectivity index (χ1n) is 9.09. The Balaban J connectivity index is 1.67. The van der Waals surface area contributed by atoms with Gasteiger partial charge in [0, 0.05) is 44.0 Å². The minimum atomic E-state index is -3.82. The number of sulfonamides is 1. The Bertz CT molecular complexity index is 1120. The molecule has 2 atom stereocenters. The van der Waals surface area contributed by atoms with Crippen LogP contribution in [0.15, 0.2) is 66.1 Å². The standard InChI is InChI=1S/C20H20F2N4O2S/c1-25-12-20(23-13-25)29(27,28)26-10-17(16-4-2-3-5-18(16)22)19(11-26)24-15-8-6-14(21)7-9-15/h2-9,12-13,17,19,24H,10-11H2,1H3/t17-,19+/m0/s1. The average molecular weight is 418 g/mol. The minimum Gasteiger partial charge on any atom is -0.380 e. The summed E-state index contributed by atoms with van der Waals surface area (Å²) >= 11 is 0. The third kappa shape index (κ3) is 3.88. The number of hydrogen-bond donors (Lipinski definition) is 1. The zero-order valence-corrected chi connectivity index (χ0v) is 16.5. The normalized spacial score (nSPS) is 20.1. The molecular weight excluding hydrogens is 398 g/mol. The SMILES string of the molecule is Cn1cnc(S(=O)(=O)N2C[C@@H](Nc3ccc(F)cc3)[C@H](c3ccccc3F)C2)c1. The molecule has 1 aromatic heterocycles. The lowest BCUT2D eigenvalue weighted by Gasteiger charge is -2.21. The number of hydrogen-bond acceptors (Lipinski definition) is 4. The van der Waals surface area contributed by atoms with E-state index < -0.39 is 22.0 Å². The maximum absolute atomic E-state index is 14.5. The number of anilines is 1. The molecular formula is C20H20F2N4O2S. The van der Waals surface area contributed by atoms with Gasteiger partial charge < -0.3 is 9.88 Å². The van der Waals surface area contributed by atoms with E-state index in [1.807, 2.05) is 0 Å². The van der Waals surface area contributed by atoms with E-state index in [0.29, 0.717) is 11.3 Å². The summed E-state index contributed by atoms with van der Waals surface area (Å²) in [6.45, 7) is 0.244. The van der Waals surface area contributed by atoms with Gasteiger partial charge in [0.05, 0.1) is 6.33 Å². The van der Waals surface area contributed by atoms with Crippen molar-refractivity contribution in [3.05, 3.63) is 78.3 Å². The van der Waals surface area contributed by atoms with E-state index in [0.717, 1.165) is 0 Å². The van der Waals surface area contributed by atoms with E-state index in [-0.39, 0.29) is 29.7 Å². The predicted molar refractivity (Wildman–Crippen MR) is 105 cm³/mol. The summed E-state index contributed by atoms with van der Waals surface area (Å²) in [5, 5.41) is 3.19. The third-order valence-corrected chi connectivity index (χ3v) is 6.79. The van der Waals surface area contributed by atoms with Crippen LogP contribution in [-0.2, 0) is 17.1 Å². The molecule has 3 aromatic rings. The van der Waals surface area contributed by atoms with Gasteiger partial charge in [-0.05, 0) is 35.9 Å². The van der Waals surface area contributed by atoms with Crippen LogP contribution in [0.4, 0.5) is 14.5 Å². The van der Waals surface area contributed by atoms with Crippen molar-refractivity contribution in [2.45, 2.75) is 17.0 Å². The van der Waals surface area contributed by atoms with Crippen LogP contribution in [0.5, 0.6) is 0 Å². The monoisotopic (exact) mass is 418 g/mol. The van der Waals surface area contributed by atoms with Gasteiger partial charge in [-0.15, -0.1) is 0 Å². The van der Waals surface area contributed by atoms with E-state index in [1.165, 1.54) is 35.0 Å². The highest BCUT2D eigenvalue weighted by Gasteiger charge is 2.41. The number of rotatable bonds is 5. The summed E-state index contributed by atoms with van der Waals surface area (Å²) < 4.78 is 56.7. The van der Waals surface area contributed by atoms with E-state index in [4.69, 9.17) is 0 Å². The highest BCUT2D eigenvalue weighted by molar-refractivity contribution is 7.89. The topological polar surface area (TPSA) is 67.2 Å². The van der Waals surface area contributed by atoms with Gasteiger partial charge in [-0.25, -0.2) is 22.2 Å². The molecule has 1 saturated heterocycles. The second-order valence-corrected chi connectivity index (χ2v) is 8.97. The van der Waals surface area contributed by atoms with E-state index in [9.17, 15) is 17.2 Å². The fourth-order valence-electron chi connectivity index (χ4n) is 3.62. The van der Waals surface area contributed by atoms with Crippen LogP contribution in [0, 0.1) is 11.6 Å². The molecule has 0 amide bonds. The Morgan fingerprint density at radius 1 is 1.07 bits per heavy atom. The van der Waals surface area contributed by atoms with Gasteiger partial charge in [0.15, 0.2) is 5.03 Å². The number of aryl methyl sites for hydroxylation is 1. The minimum absolute atomic E-state index is 0.0466. The summed E-state index contributed by atoms with van der Waals surface area (Å²) in [5.41, 5.74) is 1.07. The summed E-state index contributed by atoms with van der Waals surface area (Å²) in [5.74, 6) is -1.17. The van der Waals surface area contributed by atoms with Crippen LogP contribution < -0.4 is 5.32 Å². The summed E-state index contributed by atoms with van der Waals surface area (Å²) in [6, 6.07) is 11.7. The molecule has 0 spiro atoms. The largest absolute Gasteiger partial charge is 0.380 e. The summed E-state index contributed by atoms with van der Waals surface area (Å²) in [4.78, 5) is 3.96. The Hall–Kier alpha value is -2.78. The number of nitrogens with one attached hydrogen (secondary N) is 1. The summed E-state index contributed by atoms with van der Waals surface area (Å²) in [7, 11) is -2.13. The van der Waals surface area contributed by atoms with E-state index >= 15 is 0 Å². The molecule has 6 nitrogen and oxygen atoms in total. The van der Waals surface area contributed by atoms with Crippen molar-refractivity contribution in [1.29, 1.82) is 0 Å². The number of nitrogens with zero attached hydrogens (tertiary/aromatic N) is 3. The summed E-state index contributed by atoms with van der Waals surface area (Å²) in [6.07, 6.45) is 2.86. The lowest BCUT2D eigenvalue weighted by molar-refractivity contribution is 0.467. The molecule has 0 aliphatic carbocycles. The van der Waals surface area contributed by atoms with Gasteiger partial charge in [0.1, 0.15) is 11.6 Å². The number of halogens is 2. The van der Waals surface area contributed by atoms with Gasteiger partial charge in [-0.2, -0.15) is 4.31 Å². The zero-order chi connectivity index (χ0) is 20.6. The Kier molecular flexibility index (Phi) is 5.10. The molecule has 0 saturated carbocycles. The second kappa shape index (κ2) is 7.57. The fraction of sp³-hybridized carbons (Fsp3) is 0.250. The van der Waals surface area contributed by atoms with Crippen LogP contribution in [0.2, 0.25) is 0 Å². The Morgan fingerprint density at radius 2 is 1.79 bits per heavy atom. The third-order valence-electron chi connectivity index (χ3n) is 5.07. The maximum Gasteiger partial charge on any atom is 0.262 e. The quantitative estimate of drug-likeness (QED) is 0.692. The number of benzene rings is 2. The van der Waals surface area contributed by atoms with Gasteiger partial charge in [0.25, 0.3) is 10.0 Å². The lowest BCUT2D eigenvalue weighted by Crippen LogP contribution is -2.32. The molecule has 9 heteroatoms. The Labute approximate surface area is 167 Å². The van der Waals surface area contributed by atoms with E-state index in [2.05, 4.69) is 10.3 Å². The van der Waals surface area contributed by atoms with Crippen molar-refractivity contribution in [3.63, 3.8) is 0 Å². The van der Waals surface area contributed by atoms with Gasteiger partial charge in [-0.3, -0.25) is 0 Å². The molecule has 0 unspecified atom stereocenters. The first kappa shape index (κ1) is 19.5. The van der Waals surface area contributed by atoms with Crippen LogP contribution in [0.1, 0.15) is 11.5 Å². The van der Waals surface area contributed by atoms with Gasteiger partial charge in [-0.1, -0.05) is 18.2 Å². The highest BCUT2D eigenvalue weighted by Crippen LogP contribution is 2.34. The molecule has 1 aliphatic rings. The molecule has 1 aliphatic heterocycles. The molecule has 152 valence electrons. The molecule has 4 rings (SSSR count). The first-order valence-corrected chi connectivity index (χ1v) is 10.5. The Morgan fingerprint density at radius 3 is 2.45 bits per heavy atom. The van der Waals surface area contributed by atoms with Crippen molar-refractivity contribution >= 4 is 15.7 Å². The predicted octanol–water partition coefficient (Wildman–Crippen LogP) is 2.97. The number of aromatic nitrogens is 2. The fourth-order valence-corrected chi connectivity index (χ4v) is 5.07. The number of imidazole rings is 1. The van der Waals surface area contributed by atoms with Crippen molar-refractivity contribution in [3.8, 4) is 0 Å². The lowest BCUT2D eigenvalue weighted by atomic mass is 9.93. The van der Waals surface area contributed by atoms with Crippen LogP contribution in [-0.4, -0.2) is 41.4 Å². The highest BCUT2D eigenvalue weighted by atomic mass is 32.2. The molecule has 0 bridgehead atoms. The van der Waals surface area contributed by atoms with Gasteiger partial charge >= 0.3 is 0 Å². The van der Waals surface area contributed by atoms with Crippen molar-refractivity contribution < 1.29 is 17.2 Å². The molecule has 29 heavy (non-hydrogen) atoms. The van der Waals surface area contributed by atoms with Crippen molar-refractivity contribution in [1.82, 2.24) is 13.9 Å². The second-order valence-electron chi connectivity index (χ2n) is 7.09. The average Bonchev–Trinajstić information content (AvgIpc) is 3.31. The van der Waals surface area contributed by atoms with Crippen LogP contribution in [0.3, 0.4) is 0 Å². The van der Waals surface area contributed by atoms with Crippen LogP contribution in [0.25, 0.3) is 0 Å². The molecule has 1 fully saturated rings.